The molecule has 0 bridgehead atoms. The first kappa shape index (κ1) is 18.3. The lowest BCUT2D eigenvalue weighted by molar-refractivity contribution is 0.0925. The minimum absolute atomic E-state index is 0.0822. The number of halogens is 3. The van der Waals surface area contributed by atoms with Gasteiger partial charge < -0.3 is 10.1 Å². The molecule has 8 heteroatoms. The number of rotatable bonds is 4. The Bertz CT molecular complexity index is 1030. The number of nitrogens with one attached hydrogen (secondary N) is 1. The SMILES string of the molecule is O=C(NCC1Cc2cc(Cl)cc(-c3cnccn3)c2O1)c1c(F)cccc1F. The third-order valence-corrected chi connectivity index (χ3v) is 4.60. The van der Waals surface area contributed by atoms with Gasteiger partial charge in [0.1, 0.15) is 29.1 Å². The summed E-state index contributed by atoms with van der Waals surface area (Å²) in [7, 11) is 0. The molecule has 1 aliphatic heterocycles. The van der Waals surface area contributed by atoms with E-state index in [1.54, 1.807) is 30.7 Å². The van der Waals surface area contributed by atoms with E-state index in [0.29, 0.717) is 28.5 Å². The van der Waals surface area contributed by atoms with Crippen molar-refractivity contribution in [3.8, 4) is 17.0 Å². The second-order valence-electron chi connectivity index (χ2n) is 6.28. The molecule has 0 aliphatic carbocycles. The van der Waals surface area contributed by atoms with Gasteiger partial charge in [-0.25, -0.2) is 8.78 Å². The first-order chi connectivity index (χ1) is 13.5. The van der Waals surface area contributed by atoms with Gasteiger partial charge in [0, 0.05) is 35.0 Å². The molecule has 1 unspecified atom stereocenters. The normalized spacial score (nSPS) is 15.0. The second kappa shape index (κ2) is 7.52. The van der Waals surface area contributed by atoms with Gasteiger partial charge >= 0.3 is 0 Å². The van der Waals surface area contributed by atoms with Crippen molar-refractivity contribution in [3.63, 3.8) is 0 Å². The van der Waals surface area contributed by atoms with Crippen molar-refractivity contribution >= 4 is 17.5 Å². The number of hydrogen-bond donors (Lipinski definition) is 1. The lowest BCUT2D eigenvalue weighted by Gasteiger charge is -2.14. The molecule has 1 amide bonds. The number of hydrogen-bond acceptors (Lipinski definition) is 4. The van der Waals surface area contributed by atoms with Crippen molar-refractivity contribution in [2.75, 3.05) is 6.54 Å². The average molecular weight is 402 g/mol. The third-order valence-electron chi connectivity index (χ3n) is 4.38. The van der Waals surface area contributed by atoms with Crippen molar-refractivity contribution in [2.45, 2.75) is 12.5 Å². The minimum atomic E-state index is -0.912. The molecule has 1 atom stereocenters. The Balaban J connectivity index is 1.51. The van der Waals surface area contributed by atoms with E-state index in [2.05, 4.69) is 15.3 Å². The van der Waals surface area contributed by atoms with E-state index in [-0.39, 0.29) is 6.54 Å². The summed E-state index contributed by atoms with van der Waals surface area (Å²) in [6.07, 6.45) is 4.82. The minimum Gasteiger partial charge on any atom is -0.487 e. The van der Waals surface area contributed by atoms with E-state index < -0.39 is 29.2 Å². The van der Waals surface area contributed by atoms with Gasteiger partial charge in [-0.15, -0.1) is 0 Å². The van der Waals surface area contributed by atoms with Gasteiger partial charge in [0.2, 0.25) is 0 Å². The lowest BCUT2D eigenvalue weighted by atomic mass is 10.0. The van der Waals surface area contributed by atoms with Crippen LogP contribution in [0, 0.1) is 11.6 Å². The Morgan fingerprint density at radius 2 is 2.04 bits per heavy atom. The van der Waals surface area contributed by atoms with E-state index in [4.69, 9.17) is 16.3 Å². The van der Waals surface area contributed by atoms with E-state index in [0.717, 1.165) is 17.7 Å². The summed E-state index contributed by atoms with van der Waals surface area (Å²) in [5.74, 6) is -2.04. The largest absolute Gasteiger partial charge is 0.487 e. The lowest BCUT2D eigenvalue weighted by Crippen LogP contribution is -2.35. The van der Waals surface area contributed by atoms with E-state index >= 15 is 0 Å². The summed E-state index contributed by atoms with van der Waals surface area (Å²) < 4.78 is 33.4. The predicted octanol–water partition coefficient (Wildman–Crippen LogP) is 3.81. The molecule has 2 aromatic carbocycles. The van der Waals surface area contributed by atoms with Gasteiger partial charge in [-0.3, -0.25) is 14.8 Å². The van der Waals surface area contributed by atoms with E-state index in [9.17, 15) is 13.6 Å². The van der Waals surface area contributed by atoms with Crippen LogP contribution in [0.3, 0.4) is 0 Å². The fourth-order valence-corrected chi connectivity index (χ4v) is 3.39. The summed E-state index contributed by atoms with van der Waals surface area (Å²) in [6.45, 7) is 0.0822. The maximum Gasteiger partial charge on any atom is 0.257 e. The molecule has 0 saturated carbocycles. The maximum absolute atomic E-state index is 13.7. The number of fused-ring (bicyclic) bond motifs is 1. The number of amides is 1. The first-order valence-electron chi connectivity index (χ1n) is 8.50. The number of carbonyl (C=O) groups is 1. The van der Waals surface area contributed by atoms with Crippen molar-refractivity contribution in [1.29, 1.82) is 0 Å². The number of ether oxygens (including phenoxy) is 1. The van der Waals surface area contributed by atoms with Crippen LogP contribution >= 0.6 is 11.6 Å². The van der Waals surface area contributed by atoms with E-state index in [1.807, 2.05) is 0 Å². The number of benzene rings is 2. The van der Waals surface area contributed by atoms with Crippen LogP contribution in [0.25, 0.3) is 11.3 Å². The van der Waals surface area contributed by atoms with Gasteiger partial charge in [0.05, 0.1) is 18.4 Å². The third kappa shape index (κ3) is 3.53. The fraction of sp³-hybridized carbons (Fsp3) is 0.150. The van der Waals surface area contributed by atoms with Crippen molar-refractivity contribution in [1.82, 2.24) is 15.3 Å². The molecule has 28 heavy (non-hydrogen) atoms. The average Bonchev–Trinajstić information content (AvgIpc) is 3.09. The molecule has 142 valence electrons. The summed E-state index contributed by atoms with van der Waals surface area (Å²) in [6, 6.07) is 6.80. The van der Waals surface area contributed by atoms with Crippen LogP contribution < -0.4 is 10.1 Å². The molecular weight excluding hydrogens is 388 g/mol. The maximum atomic E-state index is 13.7. The zero-order valence-corrected chi connectivity index (χ0v) is 15.2. The van der Waals surface area contributed by atoms with Gasteiger partial charge in [0.15, 0.2) is 0 Å². The van der Waals surface area contributed by atoms with Crippen LogP contribution in [0.5, 0.6) is 5.75 Å². The number of aromatic nitrogens is 2. The summed E-state index contributed by atoms with van der Waals surface area (Å²) in [5.41, 5.74) is 1.56. The Hall–Kier alpha value is -3.06. The topological polar surface area (TPSA) is 64.1 Å². The van der Waals surface area contributed by atoms with Crippen LogP contribution in [-0.2, 0) is 6.42 Å². The Kier molecular flexibility index (Phi) is 4.92. The van der Waals surface area contributed by atoms with E-state index in [1.165, 1.54) is 6.07 Å². The molecule has 0 radical (unpaired) electrons. The Morgan fingerprint density at radius 3 is 2.75 bits per heavy atom. The second-order valence-corrected chi connectivity index (χ2v) is 6.72. The van der Waals surface area contributed by atoms with Gasteiger partial charge in [-0.1, -0.05) is 17.7 Å². The molecule has 0 spiro atoms. The molecule has 4 rings (SSSR count). The Labute approximate surface area is 164 Å². The smallest absolute Gasteiger partial charge is 0.257 e. The molecule has 2 heterocycles. The predicted molar refractivity (Wildman–Crippen MR) is 99.3 cm³/mol. The van der Waals surface area contributed by atoms with Crippen molar-refractivity contribution in [3.05, 3.63) is 76.7 Å². The fourth-order valence-electron chi connectivity index (χ4n) is 3.15. The monoisotopic (exact) mass is 401 g/mol. The highest BCUT2D eigenvalue weighted by Gasteiger charge is 2.28. The van der Waals surface area contributed by atoms with Crippen molar-refractivity contribution in [2.24, 2.45) is 0 Å². The summed E-state index contributed by atoms with van der Waals surface area (Å²) >= 11 is 6.21. The van der Waals surface area contributed by atoms with Gasteiger partial charge in [0.25, 0.3) is 5.91 Å². The van der Waals surface area contributed by atoms with Crippen LogP contribution in [0.4, 0.5) is 8.78 Å². The first-order valence-corrected chi connectivity index (χ1v) is 8.88. The highest BCUT2D eigenvalue weighted by Crippen LogP contribution is 2.40. The van der Waals surface area contributed by atoms with Gasteiger partial charge in [-0.05, 0) is 24.3 Å². The zero-order valence-electron chi connectivity index (χ0n) is 14.5. The van der Waals surface area contributed by atoms with Crippen LogP contribution in [0.15, 0.2) is 48.9 Å². The molecule has 3 aromatic rings. The highest BCUT2D eigenvalue weighted by atomic mass is 35.5. The van der Waals surface area contributed by atoms with Crippen LogP contribution in [0.2, 0.25) is 5.02 Å². The molecule has 1 aliphatic rings. The molecule has 1 N–H and O–H groups in total. The molecule has 0 fully saturated rings. The molecule has 5 nitrogen and oxygen atoms in total. The van der Waals surface area contributed by atoms with Crippen LogP contribution in [-0.4, -0.2) is 28.5 Å². The van der Waals surface area contributed by atoms with Gasteiger partial charge in [-0.2, -0.15) is 0 Å². The quantitative estimate of drug-likeness (QED) is 0.722. The molecule has 1 aromatic heterocycles. The molecular formula is C20H14ClF2N3O2. The standard InChI is InChI=1S/C20H14ClF2N3O2/c21-12-6-11-7-13(9-26-20(27)18-15(22)2-1-3-16(18)23)28-19(11)14(8-12)17-10-24-4-5-25-17/h1-6,8,10,13H,7,9H2,(H,26,27). The highest BCUT2D eigenvalue weighted by molar-refractivity contribution is 6.31. The Morgan fingerprint density at radius 1 is 1.25 bits per heavy atom. The number of nitrogens with zero attached hydrogens (tertiary/aromatic N) is 2. The summed E-state index contributed by atoms with van der Waals surface area (Å²) in [5, 5.41) is 3.06. The van der Waals surface area contributed by atoms with Crippen LogP contribution in [0.1, 0.15) is 15.9 Å². The van der Waals surface area contributed by atoms with Crippen molar-refractivity contribution < 1.29 is 18.3 Å². The molecule has 0 saturated heterocycles. The number of carbonyl (C=O) groups excluding carboxylic acids is 1. The zero-order chi connectivity index (χ0) is 19.7. The summed E-state index contributed by atoms with van der Waals surface area (Å²) in [4.78, 5) is 20.5.